The Bertz CT molecular complexity index is 622. The molecule has 3 heterocycles. The van der Waals surface area contributed by atoms with E-state index in [2.05, 4.69) is 15.5 Å². The first kappa shape index (κ1) is 13.3. The van der Waals surface area contributed by atoms with Crippen LogP contribution >= 0.6 is 11.3 Å². The molecule has 0 aromatic carbocycles. The van der Waals surface area contributed by atoms with E-state index in [9.17, 15) is 4.79 Å². The zero-order chi connectivity index (χ0) is 13.9. The highest BCUT2D eigenvalue weighted by molar-refractivity contribution is 7.21. The van der Waals surface area contributed by atoms with E-state index in [1.807, 2.05) is 0 Å². The fourth-order valence-corrected chi connectivity index (χ4v) is 3.29. The topological polar surface area (TPSA) is 90.1 Å². The second-order valence-electron chi connectivity index (χ2n) is 4.77. The zero-order valence-electron chi connectivity index (χ0n) is 11.0. The predicted octanol–water partition coefficient (Wildman–Crippen LogP) is 1.57. The normalized spacial score (nSPS) is 18.5. The van der Waals surface area contributed by atoms with Crippen molar-refractivity contribution >= 4 is 33.1 Å². The Morgan fingerprint density at radius 3 is 3.25 bits per heavy atom. The molecule has 3 rings (SSSR count). The smallest absolute Gasteiger partial charge is 0.263 e. The average molecular weight is 292 g/mol. The fourth-order valence-electron chi connectivity index (χ4n) is 2.34. The summed E-state index contributed by atoms with van der Waals surface area (Å²) in [4.78, 5) is 13.3. The molecule has 6 nitrogen and oxygen atoms in total. The number of carbonyl (C=O) groups is 1. The van der Waals surface area contributed by atoms with Gasteiger partial charge in [-0.05, 0) is 25.3 Å². The van der Waals surface area contributed by atoms with Gasteiger partial charge in [-0.2, -0.15) is 5.10 Å². The van der Waals surface area contributed by atoms with Gasteiger partial charge in [0.05, 0.1) is 18.0 Å². The maximum absolute atomic E-state index is 12.1. The number of fused-ring (bicyclic) bond motifs is 1. The number of aromatic nitrogens is 2. The summed E-state index contributed by atoms with van der Waals surface area (Å²) in [5, 5.41) is 11.5. The molecule has 1 amide bonds. The lowest BCUT2D eigenvalue weighted by Crippen LogP contribution is -2.26. The number of rotatable bonds is 4. The highest BCUT2D eigenvalue weighted by Gasteiger charge is 2.18. The second kappa shape index (κ2) is 5.72. The van der Waals surface area contributed by atoms with Gasteiger partial charge in [-0.3, -0.25) is 4.79 Å². The van der Waals surface area contributed by atoms with Crippen molar-refractivity contribution in [1.29, 1.82) is 0 Å². The molecule has 1 aliphatic rings. The number of ether oxygens (including phenoxy) is 1. The molecule has 0 aliphatic carbocycles. The molecule has 0 bridgehead atoms. The van der Waals surface area contributed by atoms with Crippen LogP contribution in [0.3, 0.4) is 0 Å². The van der Waals surface area contributed by atoms with Crippen molar-refractivity contribution in [2.45, 2.75) is 25.4 Å². The van der Waals surface area contributed by atoms with Crippen LogP contribution in [-0.4, -0.2) is 35.4 Å². The number of hydrogen-bond acceptors (Lipinski definition) is 6. The summed E-state index contributed by atoms with van der Waals surface area (Å²) in [6.07, 6.45) is 4.89. The van der Waals surface area contributed by atoms with E-state index < -0.39 is 0 Å². The molecule has 7 heteroatoms. The molecule has 0 radical (unpaired) electrons. The Labute approximate surface area is 120 Å². The lowest BCUT2D eigenvalue weighted by atomic mass is 10.2. The van der Waals surface area contributed by atoms with Gasteiger partial charge in [0.15, 0.2) is 0 Å². The Kier molecular flexibility index (Phi) is 3.79. The number of nitrogen functional groups attached to an aromatic ring is 1. The molecule has 1 fully saturated rings. The number of nitrogens with two attached hydrogens (primary N) is 1. The van der Waals surface area contributed by atoms with Crippen molar-refractivity contribution in [3.05, 3.63) is 17.1 Å². The highest BCUT2D eigenvalue weighted by Crippen LogP contribution is 2.31. The van der Waals surface area contributed by atoms with E-state index in [0.717, 1.165) is 31.3 Å². The molecule has 0 saturated carbocycles. The molecule has 1 unspecified atom stereocenters. The molecule has 2 aromatic heterocycles. The highest BCUT2D eigenvalue weighted by atomic mass is 32.1. The molecule has 20 heavy (non-hydrogen) atoms. The van der Waals surface area contributed by atoms with E-state index in [1.165, 1.54) is 11.3 Å². The standard InChI is InChI=1S/C13H16N4O2S/c14-10-9-4-6-16-17-13(9)20-11(10)12(18)15-5-3-8-2-1-7-19-8/h4,6,8H,1-3,5,7,14H2,(H,15,18). The summed E-state index contributed by atoms with van der Waals surface area (Å²) in [5.74, 6) is -0.150. The van der Waals surface area contributed by atoms with Gasteiger partial charge in [0.25, 0.3) is 5.91 Å². The van der Waals surface area contributed by atoms with Crippen molar-refractivity contribution in [3.8, 4) is 0 Å². The Morgan fingerprint density at radius 2 is 2.50 bits per heavy atom. The largest absolute Gasteiger partial charge is 0.397 e. The first-order chi connectivity index (χ1) is 9.75. The summed E-state index contributed by atoms with van der Waals surface area (Å²) >= 11 is 1.27. The molecule has 0 spiro atoms. The van der Waals surface area contributed by atoms with E-state index in [4.69, 9.17) is 10.5 Å². The van der Waals surface area contributed by atoms with Crippen LogP contribution in [0, 0.1) is 0 Å². The van der Waals surface area contributed by atoms with Gasteiger partial charge in [-0.25, -0.2) is 0 Å². The number of thiophene rings is 1. The van der Waals surface area contributed by atoms with Gasteiger partial charge in [0, 0.05) is 18.5 Å². The lowest BCUT2D eigenvalue weighted by molar-refractivity contribution is 0.0911. The quantitative estimate of drug-likeness (QED) is 0.892. The average Bonchev–Trinajstić information content (AvgIpc) is 3.08. The third-order valence-corrected chi connectivity index (χ3v) is 4.51. The minimum Gasteiger partial charge on any atom is -0.397 e. The lowest BCUT2D eigenvalue weighted by Gasteiger charge is -2.09. The number of anilines is 1. The van der Waals surface area contributed by atoms with Crippen molar-refractivity contribution in [2.75, 3.05) is 18.9 Å². The maximum Gasteiger partial charge on any atom is 0.263 e. The summed E-state index contributed by atoms with van der Waals surface area (Å²) in [7, 11) is 0. The van der Waals surface area contributed by atoms with Gasteiger partial charge < -0.3 is 15.8 Å². The molecule has 1 aliphatic heterocycles. The van der Waals surface area contributed by atoms with E-state index >= 15 is 0 Å². The number of carbonyl (C=O) groups excluding carboxylic acids is 1. The number of nitrogens with one attached hydrogen (secondary N) is 1. The SMILES string of the molecule is Nc1c(C(=O)NCCC2CCCO2)sc2nnccc12. The van der Waals surface area contributed by atoms with Gasteiger partial charge in [0.1, 0.15) is 9.71 Å². The van der Waals surface area contributed by atoms with Crippen LogP contribution in [0.2, 0.25) is 0 Å². The van der Waals surface area contributed by atoms with Crippen LogP contribution < -0.4 is 11.1 Å². The van der Waals surface area contributed by atoms with Crippen molar-refractivity contribution < 1.29 is 9.53 Å². The molecule has 106 valence electrons. The van der Waals surface area contributed by atoms with Crippen LogP contribution in [0.15, 0.2) is 12.3 Å². The minimum absolute atomic E-state index is 0.150. The molecule has 1 saturated heterocycles. The monoisotopic (exact) mass is 292 g/mol. The molecule has 1 atom stereocenters. The number of nitrogens with zero attached hydrogens (tertiary/aromatic N) is 2. The summed E-state index contributed by atoms with van der Waals surface area (Å²) in [5.41, 5.74) is 6.47. The fraction of sp³-hybridized carbons (Fsp3) is 0.462. The van der Waals surface area contributed by atoms with Crippen molar-refractivity contribution in [1.82, 2.24) is 15.5 Å². The van der Waals surface area contributed by atoms with Gasteiger partial charge in [-0.15, -0.1) is 16.4 Å². The first-order valence-electron chi connectivity index (χ1n) is 6.65. The summed E-state index contributed by atoms with van der Waals surface area (Å²) in [6, 6.07) is 1.78. The predicted molar refractivity (Wildman–Crippen MR) is 77.8 cm³/mol. The summed E-state index contributed by atoms with van der Waals surface area (Å²) in [6.45, 7) is 1.43. The van der Waals surface area contributed by atoms with Gasteiger partial charge >= 0.3 is 0 Å². The molecule has 3 N–H and O–H groups in total. The van der Waals surface area contributed by atoms with Crippen molar-refractivity contribution in [2.24, 2.45) is 0 Å². The Morgan fingerprint density at radius 1 is 1.60 bits per heavy atom. The number of amides is 1. The maximum atomic E-state index is 12.1. The van der Waals surface area contributed by atoms with Crippen LogP contribution in [0.1, 0.15) is 28.9 Å². The van der Waals surface area contributed by atoms with Gasteiger partial charge in [0.2, 0.25) is 0 Å². The zero-order valence-corrected chi connectivity index (χ0v) is 11.8. The van der Waals surface area contributed by atoms with Gasteiger partial charge in [-0.1, -0.05) is 0 Å². The molecular formula is C13H16N4O2S. The number of hydrogen-bond donors (Lipinski definition) is 2. The van der Waals surface area contributed by atoms with Crippen LogP contribution in [0.5, 0.6) is 0 Å². The third-order valence-electron chi connectivity index (χ3n) is 3.40. The first-order valence-corrected chi connectivity index (χ1v) is 7.47. The van der Waals surface area contributed by atoms with Crippen LogP contribution in [-0.2, 0) is 4.74 Å². The van der Waals surface area contributed by atoms with E-state index in [-0.39, 0.29) is 12.0 Å². The van der Waals surface area contributed by atoms with E-state index in [1.54, 1.807) is 12.3 Å². The van der Waals surface area contributed by atoms with Crippen LogP contribution in [0.4, 0.5) is 5.69 Å². The van der Waals surface area contributed by atoms with E-state index in [0.29, 0.717) is 21.9 Å². The minimum atomic E-state index is -0.150. The third kappa shape index (κ3) is 2.59. The second-order valence-corrected chi connectivity index (χ2v) is 5.77. The van der Waals surface area contributed by atoms with Crippen LogP contribution in [0.25, 0.3) is 10.2 Å². The molecule has 2 aromatic rings. The summed E-state index contributed by atoms with van der Waals surface area (Å²) < 4.78 is 5.52. The Hall–Kier alpha value is -1.73. The van der Waals surface area contributed by atoms with Crippen molar-refractivity contribution in [3.63, 3.8) is 0 Å². The molecular weight excluding hydrogens is 276 g/mol. The Balaban J connectivity index is 1.64.